The first-order valence-corrected chi connectivity index (χ1v) is 9.00. The van der Waals surface area contributed by atoms with Crippen LogP contribution in [-0.2, 0) is 17.3 Å². The second-order valence-corrected chi connectivity index (χ2v) is 8.77. The fourth-order valence-electron chi connectivity index (χ4n) is 3.03. The largest absolute Gasteiger partial charge is 0.398 e. The Labute approximate surface area is 138 Å². The maximum Gasteiger partial charge on any atom is 0.0390 e. The number of benzene rings is 1. The van der Waals surface area contributed by atoms with Crippen LogP contribution in [-0.4, -0.2) is 0 Å². The lowest BCUT2D eigenvalue weighted by molar-refractivity contribution is 0.569. The van der Waals surface area contributed by atoms with E-state index >= 15 is 0 Å². The molecule has 0 heterocycles. The molecular weight excluding hydrogens is 266 g/mol. The molecule has 0 aliphatic carbocycles. The standard InChI is InChI=1S/C21H37N/c1-8-9-10-11-12-13-16-14-17(20(2,3)4)19(22)18(15-16)21(5,6)7/h14-15H,8-13,22H2,1-7H3. The minimum Gasteiger partial charge on any atom is -0.398 e. The Hall–Kier alpha value is -0.980. The van der Waals surface area contributed by atoms with Crippen molar-refractivity contribution < 1.29 is 0 Å². The van der Waals surface area contributed by atoms with Crippen LogP contribution < -0.4 is 5.73 Å². The van der Waals surface area contributed by atoms with Gasteiger partial charge in [0, 0.05) is 5.69 Å². The van der Waals surface area contributed by atoms with E-state index in [1.165, 1.54) is 55.2 Å². The Morgan fingerprint density at radius 2 is 1.23 bits per heavy atom. The third-order valence-corrected chi connectivity index (χ3v) is 4.42. The molecule has 1 rings (SSSR count). The van der Waals surface area contributed by atoms with Crippen LogP contribution in [0.4, 0.5) is 5.69 Å². The molecule has 0 unspecified atom stereocenters. The van der Waals surface area contributed by atoms with E-state index < -0.39 is 0 Å². The summed E-state index contributed by atoms with van der Waals surface area (Å²) < 4.78 is 0. The average molecular weight is 304 g/mol. The van der Waals surface area contributed by atoms with Gasteiger partial charge >= 0.3 is 0 Å². The first-order chi connectivity index (χ1) is 10.1. The van der Waals surface area contributed by atoms with Gasteiger partial charge in [0.2, 0.25) is 0 Å². The highest BCUT2D eigenvalue weighted by molar-refractivity contribution is 5.60. The summed E-state index contributed by atoms with van der Waals surface area (Å²) in [5.41, 5.74) is 11.8. The predicted molar refractivity (Wildman–Crippen MR) is 101 cm³/mol. The monoisotopic (exact) mass is 303 g/mol. The van der Waals surface area contributed by atoms with E-state index in [9.17, 15) is 0 Å². The molecule has 0 bridgehead atoms. The maximum absolute atomic E-state index is 6.52. The number of hydrogen-bond acceptors (Lipinski definition) is 1. The lowest BCUT2D eigenvalue weighted by atomic mass is 9.77. The molecule has 0 radical (unpaired) electrons. The zero-order valence-electron chi connectivity index (χ0n) is 16.0. The third-order valence-electron chi connectivity index (χ3n) is 4.42. The highest BCUT2D eigenvalue weighted by Gasteiger charge is 2.24. The Bertz CT molecular complexity index is 437. The summed E-state index contributed by atoms with van der Waals surface area (Å²) >= 11 is 0. The molecule has 0 aromatic heterocycles. The minimum atomic E-state index is 0.0995. The van der Waals surface area contributed by atoms with E-state index in [1.54, 1.807) is 0 Å². The number of unbranched alkanes of at least 4 members (excludes halogenated alkanes) is 4. The molecule has 0 aliphatic heterocycles. The van der Waals surface area contributed by atoms with Gasteiger partial charge in [-0.15, -0.1) is 0 Å². The van der Waals surface area contributed by atoms with Gasteiger partial charge in [0.25, 0.3) is 0 Å². The van der Waals surface area contributed by atoms with Crippen molar-refractivity contribution in [3.8, 4) is 0 Å². The third kappa shape index (κ3) is 5.34. The van der Waals surface area contributed by atoms with Crippen LogP contribution in [0.2, 0.25) is 0 Å². The molecule has 1 aromatic carbocycles. The molecule has 22 heavy (non-hydrogen) atoms. The van der Waals surface area contributed by atoms with Crippen LogP contribution in [0.3, 0.4) is 0 Å². The van der Waals surface area contributed by atoms with Crippen molar-refractivity contribution in [3.63, 3.8) is 0 Å². The Kier molecular flexibility index (Phi) is 6.52. The molecule has 0 amide bonds. The van der Waals surface area contributed by atoms with Gasteiger partial charge in [-0.3, -0.25) is 0 Å². The summed E-state index contributed by atoms with van der Waals surface area (Å²) in [5.74, 6) is 0. The van der Waals surface area contributed by atoms with Crippen LogP contribution in [0.25, 0.3) is 0 Å². The molecular formula is C21H37N. The SMILES string of the molecule is CCCCCCCc1cc(C(C)(C)C)c(N)c(C(C)(C)C)c1. The van der Waals surface area contributed by atoms with Crippen molar-refractivity contribution in [1.82, 2.24) is 0 Å². The number of nitrogen functional groups attached to an aromatic ring is 1. The van der Waals surface area contributed by atoms with E-state index in [4.69, 9.17) is 5.73 Å². The number of hydrogen-bond donors (Lipinski definition) is 1. The molecule has 126 valence electrons. The van der Waals surface area contributed by atoms with Crippen molar-refractivity contribution in [2.75, 3.05) is 5.73 Å². The predicted octanol–water partition coefficient (Wildman–Crippen LogP) is 6.38. The van der Waals surface area contributed by atoms with Crippen LogP contribution in [0.5, 0.6) is 0 Å². The van der Waals surface area contributed by atoms with Crippen LogP contribution in [0.1, 0.15) is 97.3 Å². The Morgan fingerprint density at radius 1 is 0.773 bits per heavy atom. The topological polar surface area (TPSA) is 26.0 Å². The van der Waals surface area contributed by atoms with Crippen molar-refractivity contribution in [2.45, 2.75) is 97.8 Å². The van der Waals surface area contributed by atoms with Gasteiger partial charge in [-0.05, 0) is 40.4 Å². The Morgan fingerprint density at radius 3 is 1.64 bits per heavy atom. The van der Waals surface area contributed by atoms with E-state index in [1.807, 2.05) is 0 Å². The van der Waals surface area contributed by atoms with Crippen molar-refractivity contribution in [1.29, 1.82) is 0 Å². The lowest BCUT2D eigenvalue weighted by Gasteiger charge is -2.29. The molecule has 0 spiro atoms. The summed E-state index contributed by atoms with van der Waals surface area (Å²) in [4.78, 5) is 0. The zero-order chi connectivity index (χ0) is 17.0. The molecule has 1 aromatic rings. The van der Waals surface area contributed by atoms with Crippen LogP contribution in [0, 0.1) is 0 Å². The fraction of sp³-hybridized carbons (Fsp3) is 0.714. The molecule has 0 saturated heterocycles. The normalized spacial score (nSPS) is 12.7. The molecule has 0 atom stereocenters. The molecule has 0 fully saturated rings. The van der Waals surface area contributed by atoms with Gasteiger partial charge in [0.1, 0.15) is 0 Å². The summed E-state index contributed by atoms with van der Waals surface area (Å²) in [5, 5.41) is 0. The lowest BCUT2D eigenvalue weighted by Crippen LogP contribution is -2.21. The van der Waals surface area contributed by atoms with Gasteiger partial charge in [0.05, 0.1) is 0 Å². The second kappa shape index (κ2) is 7.53. The van der Waals surface area contributed by atoms with Gasteiger partial charge < -0.3 is 5.73 Å². The first kappa shape index (κ1) is 19.1. The first-order valence-electron chi connectivity index (χ1n) is 9.00. The fourth-order valence-corrected chi connectivity index (χ4v) is 3.03. The smallest absolute Gasteiger partial charge is 0.0390 e. The number of nitrogens with two attached hydrogens (primary N) is 1. The Balaban J connectivity index is 3.03. The second-order valence-electron chi connectivity index (χ2n) is 8.77. The number of anilines is 1. The average Bonchev–Trinajstić information content (AvgIpc) is 2.37. The summed E-state index contributed by atoms with van der Waals surface area (Å²) in [6.45, 7) is 15.8. The molecule has 1 nitrogen and oxygen atoms in total. The van der Waals surface area contributed by atoms with E-state index in [0.29, 0.717) is 0 Å². The van der Waals surface area contributed by atoms with E-state index in [0.717, 1.165) is 5.69 Å². The highest BCUT2D eigenvalue weighted by atomic mass is 14.6. The van der Waals surface area contributed by atoms with Gasteiger partial charge in [-0.2, -0.15) is 0 Å². The van der Waals surface area contributed by atoms with Gasteiger partial charge in [-0.25, -0.2) is 0 Å². The van der Waals surface area contributed by atoms with E-state index in [2.05, 4.69) is 60.6 Å². The quantitative estimate of drug-likeness (QED) is 0.479. The zero-order valence-corrected chi connectivity index (χ0v) is 16.0. The summed E-state index contributed by atoms with van der Waals surface area (Å²) in [6.07, 6.45) is 7.84. The highest BCUT2D eigenvalue weighted by Crippen LogP contribution is 2.37. The molecule has 0 saturated carbocycles. The van der Waals surface area contributed by atoms with Crippen molar-refractivity contribution in [3.05, 3.63) is 28.8 Å². The minimum absolute atomic E-state index is 0.0995. The van der Waals surface area contributed by atoms with Crippen LogP contribution in [0.15, 0.2) is 12.1 Å². The van der Waals surface area contributed by atoms with Gasteiger partial charge in [0.15, 0.2) is 0 Å². The van der Waals surface area contributed by atoms with Crippen molar-refractivity contribution >= 4 is 5.69 Å². The molecule has 2 N–H and O–H groups in total. The van der Waals surface area contributed by atoms with Crippen molar-refractivity contribution in [2.24, 2.45) is 0 Å². The van der Waals surface area contributed by atoms with E-state index in [-0.39, 0.29) is 10.8 Å². The van der Waals surface area contributed by atoms with Gasteiger partial charge in [-0.1, -0.05) is 86.3 Å². The molecule has 0 aliphatic rings. The van der Waals surface area contributed by atoms with Crippen LogP contribution >= 0.6 is 0 Å². The summed E-state index contributed by atoms with van der Waals surface area (Å²) in [7, 11) is 0. The number of rotatable bonds is 6. The number of aryl methyl sites for hydroxylation is 1. The maximum atomic E-state index is 6.52. The molecule has 1 heteroatoms. The summed E-state index contributed by atoms with van der Waals surface area (Å²) in [6, 6.07) is 4.70.